The minimum absolute atomic E-state index is 0.0971. The van der Waals surface area contributed by atoms with Gasteiger partial charge in [0.15, 0.2) is 0 Å². The predicted octanol–water partition coefficient (Wildman–Crippen LogP) is 3.67. The molecule has 4 nitrogen and oxygen atoms in total. The smallest absolute Gasteiger partial charge is 0.269 e. The van der Waals surface area contributed by atoms with Crippen LogP contribution >= 0.6 is 11.6 Å². The lowest BCUT2D eigenvalue weighted by molar-refractivity contribution is -0.384. The maximum Gasteiger partial charge on any atom is 0.269 e. The van der Waals surface area contributed by atoms with Gasteiger partial charge in [-0.1, -0.05) is 30.9 Å². The monoisotopic (exact) mass is 268 g/mol. The molecule has 0 heterocycles. The first-order chi connectivity index (χ1) is 8.66. The summed E-state index contributed by atoms with van der Waals surface area (Å²) in [5, 5.41) is 14.7. The summed E-state index contributed by atoms with van der Waals surface area (Å²) in [6.07, 6.45) is 6.22. The highest BCUT2D eigenvalue weighted by molar-refractivity contribution is 6.31. The molecule has 18 heavy (non-hydrogen) atoms. The summed E-state index contributed by atoms with van der Waals surface area (Å²) in [6.45, 7) is 0.602. The minimum Gasteiger partial charge on any atom is -0.310 e. The number of hydrogen-bond donors (Lipinski definition) is 1. The Morgan fingerprint density at radius 1 is 1.33 bits per heavy atom. The third-order valence-corrected chi connectivity index (χ3v) is 3.80. The van der Waals surface area contributed by atoms with Crippen molar-refractivity contribution >= 4 is 17.3 Å². The standard InChI is InChI=1S/C13H17ClN2O2/c14-13-7-6-12(16(17)18)8-10(13)9-15-11-4-2-1-3-5-11/h6-8,11,15H,1-5,9H2. The molecule has 1 aromatic carbocycles. The Hall–Kier alpha value is -1.13. The van der Waals surface area contributed by atoms with Crippen molar-refractivity contribution < 1.29 is 4.92 Å². The third kappa shape index (κ3) is 3.43. The average molecular weight is 269 g/mol. The molecule has 0 radical (unpaired) electrons. The molecule has 0 bridgehead atoms. The van der Waals surface area contributed by atoms with Gasteiger partial charge in [0, 0.05) is 29.7 Å². The highest BCUT2D eigenvalue weighted by atomic mass is 35.5. The number of non-ortho nitro benzene ring substituents is 1. The van der Waals surface area contributed by atoms with E-state index in [-0.39, 0.29) is 10.6 Å². The summed E-state index contributed by atoms with van der Waals surface area (Å²) in [6, 6.07) is 5.11. The Kier molecular flexibility index (Phi) is 4.55. The molecular weight excluding hydrogens is 252 g/mol. The Balaban J connectivity index is 1.99. The summed E-state index contributed by atoms with van der Waals surface area (Å²) in [5.74, 6) is 0. The van der Waals surface area contributed by atoms with Gasteiger partial charge in [0.25, 0.3) is 5.69 Å². The topological polar surface area (TPSA) is 55.2 Å². The van der Waals surface area contributed by atoms with E-state index in [9.17, 15) is 10.1 Å². The van der Waals surface area contributed by atoms with E-state index in [1.54, 1.807) is 12.1 Å². The molecular formula is C13H17ClN2O2. The number of nitro groups is 1. The molecule has 98 valence electrons. The molecule has 0 aliphatic heterocycles. The van der Waals surface area contributed by atoms with E-state index in [2.05, 4.69) is 5.32 Å². The number of rotatable bonds is 4. The van der Waals surface area contributed by atoms with E-state index in [1.807, 2.05) is 0 Å². The molecule has 1 N–H and O–H groups in total. The SMILES string of the molecule is O=[N+]([O-])c1ccc(Cl)c(CNC2CCCCC2)c1. The predicted molar refractivity (Wildman–Crippen MR) is 71.8 cm³/mol. The van der Waals surface area contributed by atoms with Crippen LogP contribution in [-0.4, -0.2) is 11.0 Å². The lowest BCUT2D eigenvalue weighted by Crippen LogP contribution is -2.30. The number of hydrogen-bond acceptors (Lipinski definition) is 3. The lowest BCUT2D eigenvalue weighted by atomic mass is 9.95. The molecule has 0 unspecified atom stereocenters. The molecule has 1 saturated carbocycles. The van der Waals surface area contributed by atoms with Gasteiger partial charge in [-0.05, 0) is 24.5 Å². The quantitative estimate of drug-likeness (QED) is 0.670. The molecule has 1 fully saturated rings. The Bertz CT molecular complexity index is 431. The van der Waals surface area contributed by atoms with Gasteiger partial charge in [-0.3, -0.25) is 10.1 Å². The van der Waals surface area contributed by atoms with Crippen LogP contribution in [0.5, 0.6) is 0 Å². The van der Waals surface area contributed by atoms with Crippen LogP contribution in [0.1, 0.15) is 37.7 Å². The zero-order chi connectivity index (χ0) is 13.0. The first-order valence-corrected chi connectivity index (χ1v) is 6.71. The largest absolute Gasteiger partial charge is 0.310 e. The number of halogens is 1. The fourth-order valence-corrected chi connectivity index (χ4v) is 2.56. The minimum atomic E-state index is -0.388. The van der Waals surface area contributed by atoms with Crippen LogP contribution in [0.15, 0.2) is 18.2 Å². The second-order valence-corrected chi connectivity index (χ2v) is 5.16. The van der Waals surface area contributed by atoms with Gasteiger partial charge >= 0.3 is 0 Å². The molecule has 0 spiro atoms. The van der Waals surface area contributed by atoms with Gasteiger partial charge in [0.05, 0.1) is 4.92 Å². The summed E-state index contributed by atoms with van der Waals surface area (Å²) < 4.78 is 0. The lowest BCUT2D eigenvalue weighted by Gasteiger charge is -2.23. The molecule has 1 aliphatic carbocycles. The molecule has 5 heteroatoms. The number of benzene rings is 1. The summed E-state index contributed by atoms with van der Waals surface area (Å²) in [7, 11) is 0. The van der Waals surface area contributed by atoms with Crippen molar-refractivity contribution in [2.45, 2.75) is 44.7 Å². The number of nitro benzene ring substituents is 1. The molecule has 0 saturated heterocycles. The molecule has 0 amide bonds. The van der Waals surface area contributed by atoms with Crippen molar-refractivity contribution in [3.8, 4) is 0 Å². The van der Waals surface area contributed by atoms with Crippen LogP contribution in [0.3, 0.4) is 0 Å². The van der Waals surface area contributed by atoms with Gasteiger partial charge in [-0.25, -0.2) is 0 Å². The fraction of sp³-hybridized carbons (Fsp3) is 0.538. The highest BCUT2D eigenvalue weighted by Crippen LogP contribution is 2.23. The van der Waals surface area contributed by atoms with Crippen LogP contribution in [0.4, 0.5) is 5.69 Å². The van der Waals surface area contributed by atoms with E-state index in [0.717, 1.165) is 5.56 Å². The van der Waals surface area contributed by atoms with Crippen LogP contribution in [0.25, 0.3) is 0 Å². The second kappa shape index (κ2) is 6.16. The van der Waals surface area contributed by atoms with Crippen LogP contribution in [0.2, 0.25) is 5.02 Å². The molecule has 0 aromatic heterocycles. The first-order valence-electron chi connectivity index (χ1n) is 6.33. The highest BCUT2D eigenvalue weighted by Gasteiger charge is 2.14. The summed E-state index contributed by atoms with van der Waals surface area (Å²) in [5.41, 5.74) is 0.899. The van der Waals surface area contributed by atoms with Crippen molar-refractivity contribution in [1.29, 1.82) is 0 Å². The van der Waals surface area contributed by atoms with E-state index >= 15 is 0 Å². The third-order valence-electron chi connectivity index (χ3n) is 3.43. The maximum absolute atomic E-state index is 10.7. The first kappa shape index (κ1) is 13.3. The van der Waals surface area contributed by atoms with E-state index in [4.69, 9.17) is 11.6 Å². The van der Waals surface area contributed by atoms with E-state index in [0.29, 0.717) is 17.6 Å². The van der Waals surface area contributed by atoms with Crippen molar-refractivity contribution in [2.24, 2.45) is 0 Å². The van der Waals surface area contributed by atoms with Gasteiger partial charge in [0.1, 0.15) is 0 Å². The average Bonchev–Trinajstić information content (AvgIpc) is 2.38. The molecule has 2 rings (SSSR count). The number of nitrogens with zero attached hydrogens (tertiary/aromatic N) is 1. The van der Waals surface area contributed by atoms with E-state index in [1.165, 1.54) is 38.2 Å². The second-order valence-electron chi connectivity index (χ2n) is 4.75. The zero-order valence-corrected chi connectivity index (χ0v) is 10.9. The van der Waals surface area contributed by atoms with Crippen molar-refractivity contribution in [1.82, 2.24) is 5.32 Å². The van der Waals surface area contributed by atoms with Crippen LogP contribution in [-0.2, 0) is 6.54 Å². The Labute approximate surface area is 111 Å². The Morgan fingerprint density at radius 3 is 2.72 bits per heavy atom. The van der Waals surface area contributed by atoms with Crippen LogP contribution in [0, 0.1) is 10.1 Å². The van der Waals surface area contributed by atoms with Crippen molar-refractivity contribution in [3.63, 3.8) is 0 Å². The van der Waals surface area contributed by atoms with E-state index < -0.39 is 0 Å². The van der Waals surface area contributed by atoms with Crippen LogP contribution < -0.4 is 5.32 Å². The van der Waals surface area contributed by atoms with Gasteiger partial charge < -0.3 is 5.32 Å². The molecule has 0 atom stereocenters. The fourth-order valence-electron chi connectivity index (χ4n) is 2.37. The van der Waals surface area contributed by atoms with Crippen molar-refractivity contribution in [2.75, 3.05) is 0 Å². The Morgan fingerprint density at radius 2 is 2.06 bits per heavy atom. The van der Waals surface area contributed by atoms with Gasteiger partial charge in [0.2, 0.25) is 0 Å². The van der Waals surface area contributed by atoms with Gasteiger partial charge in [-0.2, -0.15) is 0 Å². The molecule has 1 aromatic rings. The maximum atomic E-state index is 10.7. The van der Waals surface area contributed by atoms with Gasteiger partial charge in [-0.15, -0.1) is 0 Å². The summed E-state index contributed by atoms with van der Waals surface area (Å²) >= 11 is 6.06. The van der Waals surface area contributed by atoms with Crippen molar-refractivity contribution in [3.05, 3.63) is 38.9 Å². The molecule has 1 aliphatic rings. The summed E-state index contributed by atoms with van der Waals surface area (Å²) in [4.78, 5) is 10.3. The number of nitrogens with one attached hydrogen (secondary N) is 1. The normalized spacial score (nSPS) is 16.7. The zero-order valence-electron chi connectivity index (χ0n) is 10.2.